The van der Waals surface area contributed by atoms with Gasteiger partial charge in [-0.1, -0.05) is 82.9 Å². The molecule has 10 rings (SSSR count). The van der Waals surface area contributed by atoms with E-state index in [2.05, 4.69) is 81.8 Å². The number of imidazole rings is 1. The minimum Gasteiger partial charge on any atom is -0.461 e. The van der Waals surface area contributed by atoms with Crippen molar-refractivity contribution in [3.05, 3.63) is 104 Å². The molecule has 0 bridgehead atoms. The topological polar surface area (TPSA) is 147 Å². The summed E-state index contributed by atoms with van der Waals surface area (Å²) >= 11 is 5.24. The first-order valence-corrected chi connectivity index (χ1v) is 28.4. The Labute approximate surface area is 444 Å². The van der Waals surface area contributed by atoms with Crippen molar-refractivity contribution in [3.8, 4) is 10.4 Å². The molecule has 2 saturated carbocycles. The summed E-state index contributed by atoms with van der Waals surface area (Å²) in [6, 6.07) is 21.0. The summed E-state index contributed by atoms with van der Waals surface area (Å²) in [5.41, 5.74) is 7.66. The zero-order valence-corrected chi connectivity index (χ0v) is 45.7. The van der Waals surface area contributed by atoms with E-state index in [-0.39, 0.29) is 43.2 Å². The number of carbonyl (C=O) groups is 4. The van der Waals surface area contributed by atoms with Gasteiger partial charge in [0.1, 0.15) is 23.8 Å². The fourth-order valence-corrected chi connectivity index (χ4v) is 13.4. The highest BCUT2D eigenvalue weighted by Gasteiger charge is 2.53. The zero-order chi connectivity index (χ0) is 52.1. The number of pyridine rings is 1. The van der Waals surface area contributed by atoms with Crippen LogP contribution in [0.3, 0.4) is 0 Å². The number of amides is 3. The fourth-order valence-electron chi connectivity index (χ4n) is 12.0. The molecular formula is C58H69BrFN7O6S. The molecule has 4 atom stereocenters. The molecule has 392 valence electrons. The van der Waals surface area contributed by atoms with Crippen molar-refractivity contribution in [2.75, 3.05) is 26.2 Å². The minimum absolute atomic E-state index is 0.0227. The molecule has 5 heterocycles. The maximum absolute atomic E-state index is 14.9. The molecule has 6 aromatic rings. The van der Waals surface area contributed by atoms with Crippen LogP contribution in [-0.2, 0) is 23.9 Å². The third kappa shape index (κ3) is 10.7. The molecule has 0 spiro atoms. The number of hydrogen-bond acceptors (Lipinski definition) is 9. The minimum atomic E-state index is -1.99. The summed E-state index contributed by atoms with van der Waals surface area (Å²) in [4.78, 5) is 77.3. The number of aryl methyl sites for hydroxylation is 1. The summed E-state index contributed by atoms with van der Waals surface area (Å²) in [5.74, 6) is -1.77. The van der Waals surface area contributed by atoms with Gasteiger partial charge in [0.2, 0.25) is 11.8 Å². The molecule has 16 heteroatoms. The molecule has 4 fully saturated rings. The standard InChI is InChI=1S/C58H69BrFN7O6S/c1-35-52(74-34-61-35)39-19-17-38(18-20-39)44(62-54(70)48-31-42(73-36(2)68)33-65(48)55(71)53(57(3,4)5)63-56(72)58(60)25-26-58)15-7-6-10-27-64-28-23-37(24-29-64)40-21-22-45-47(30-40)66(41-12-8-9-13-41)50-32-49(69)51-43(59)14-11-16-46(51)67(45)50/h11,14,16-22,30,32,34,37,41-42,44,48,53H,6-10,12-13,15,23-29,31,33H2,1-5H3,(H,62,70)(H,63,72)/t42-,44+,48+,53-/m1/s1. The van der Waals surface area contributed by atoms with Crippen LogP contribution in [0, 0.1) is 12.3 Å². The Bertz CT molecular complexity index is 3140. The van der Waals surface area contributed by atoms with Gasteiger partial charge in [0, 0.05) is 29.9 Å². The van der Waals surface area contributed by atoms with Crippen LogP contribution >= 0.6 is 27.3 Å². The highest BCUT2D eigenvalue weighted by molar-refractivity contribution is 9.10. The third-order valence-electron chi connectivity index (χ3n) is 16.2. The molecule has 0 radical (unpaired) electrons. The number of benzene rings is 3. The number of alkyl halides is 1. The molecule has 2 aliphatic heterocycles. The van der Waals surface area contributed by atoms with Gasteiger partial charge in [-0.25, -0.2) is 9.37 Å². The summed E-state index contributed by atoms with van der Waals surface area (Å²) in [5, 5.41) is 6.69. The van der Waals surface area contributed by atoms with Crippen LogP contribution in [0.1, 0.15) is 146 Å². The van der Waals surface area contributed by atoms with Gasteiger partial charge in [-0.05, 0) is 146 Å². The van der Waals surface area contributed by atoms with Gasteiger partial charge >= 0.3 is 5.97 Å². The molecule has 0 unspecified atom stereocenters. The number of carbonyl (C=O) groups excluding carboxylic acids is 4. The first-order chi connectivity index (χ1) is 35.5. The fraction of sp³-hybridized carbons (Fsp3) is 0.517. The number of hydrogen-bond donors (Lipinski definition) is 2. The van der Waals surface area contributed by atoms with E-state index in [4.69, 9.17) is 4.74 Å². The van der Waals surface area contributed by atoms with Crippen LogP contribution in [0.5, 0.6) is 0 Å². The van der Waals surface area contributed by atoms with Crippen molar-refractivity contribution in [1.82, 2.24) is 34.4 Å². The van der Waals surface area contributed by atoms with Gasteiger partial charge in [0.25, 0.3) is 5.91 Å². The van der Waals surface area contributed by atoms with Crippen LogP contribution in [0.15, 0.2) is 81.5 Å². The molecular weight excluding hydrogens is 1020 g/mol. The van der Waals surface area contributed by atoms with Gasteiger partial charge in [-0.15, -0.1) is 11.3 Å². The Morgan fingerprint density at radius 3 is 2.34 bits per heavy atom. The van der Waals surface area contributed by atoms with E-state index < -0.39 is 47.1 Å². The first kappa shape index (κ1) is 52.0. The maximum atomic E-state index is 14.9. The molecule has 74 heavy (non-hydrogen) atoms. The Kier molecular flexibility index (Phi) is 15.0. The van der Waals surface area contributed by atoms with Crippen LogP contribution in [0.25, 0.3) is 38.0 Å². The van der Waals surface area contributed by atoms with Crippen molar-refractivity contribution in [2.45, 2.75) is 160 Å². The molecule has 13 nitrogen and oxygen atoms in total. The van der Waals surface area contributed by atoms with Crippen LogP contribution in [0.2, 0.25) is 0 Å². The van der Waals surface area contributed by atoms with Crippen molar-refractivity contribution in [1.29, 1.82) is 0 Å². The van der Waals surface area contributed by atoms with E-state index in [9.17, 15) is 28.4 Å². The zero-order valence-electron chi connectivity index (χ0n) is 43.3. The maximum Gasteiger partial charge on any atom is 0.302 e. The van der Waals surface area contributed by atoms with E-state index in [1.54, 1.807) is 32.1 Å². The second-order valence-electron chi connectivity index (χ2n) is 22.5. The largest absolute Gasteiger partial charge is 0.461 e. The van der Waals surface area contributed by atoms with Crippen LogP contribution in [-0.4, -0.2) is 97.5 Å². The number of nitrogens with zero attached hydrogens (tertiary/aromatic N) is 5. The average Bonchev–Trinajstić information content (AvgIpc) is 3.85. The van der Waals surface area contributed by atoms with E-state index >= 15 is 0 Å². The second-order valence-corrected chi connectivity index (χ2v) is 24.2. The number of aromatic nitrogens is 3. The Balaban J connectivity index is 0.802. The number of fused-ring (bicyclic) bond motifs is 5. The molecule has 2 saturated heterocycles. The summed E-state index contributed by atoms with van der Waals surface area (Å²) < 4.78 is 26.1. The van der Waals surface area contributed by atoms with Gasteiger partial charge in [-0.3, -0.25) is 28.4 Å². The van der Waals surface area contributed by atoms with Gasteiger partial charge < -0.3 is 29.7 Å². The summed E-state index contributed by atoms with van der Waals surface area (Å²) in [7, 11) is 0. The van der Waals surface area contributed by atoms with Crippen molar-refractivity contribution < 1.29 is 28.3 Å². The quantitative estimate of drug-likeness (QED) is 0.0719. The van der Waals surface area contributed by atoms with Gasteiger partial charge in [-0.2, -0.15) is 0 Å². The monoisotopic (exact) mass is 1090 g/mol. The summed E-state index contributed by atoms with van der Waals surface area (Å²) in [6.45, 7) is 11.7. The lowest BCUT2D eigenvalue weighted by Gasteiger charge is -2.36. The number of thiazole rings is 1. The molecule has 4 aliphatic rings. The molecule has 3 aromatic heterocycles. The first-order valence-electron chi connectivity index (χ1n) is 26.8. The average molecular weight is 1090 g/mol. The normalized spacial score (nSPS) is 20.3. The van der Waals surface area contributed by atoms with E-state index in [1.807, 2.05) is 42.8 Å². The number of halogens is 2. The number of likely N-dealkylation sites (tertiary alicyclic amines) is 2. The van der Waals surface area contributed by atoms with E-state index in [1.165, 1.54) is 35.7 Å². The number of nitrogens with one attached hydrogen (secondary N) is 2. The van der Waals surface area contributed by atoms with Crippen molar-refractivity contribution in [3.63, 3.8) is 0 Å². The van der Waals surface area contributed by atoms with Gasteiger partial charge in [0.15, 0.2) is 11.1 Å². The van der Waals surface area contributed by atoms with Crippen molar-refractivity contribution in [2.24, 2.45) is 5.41 Å². The smallest absolute Gasteiger partial charge is 0.302 e. The lowest BCUT2D eigenvalue weighted by atomic mass is 9.85. The third-order valence-corrected chi connectivity index (χ3v) is 17.9. The second kappa shape index (κ2) is 21.3. The van der Waals surface area contributed by atoms with E-state index in [0.29, 0.717) is 23.8 Å². The number of piperidine rings is 1. The van der Waals surface area contributed by atoms with Crippen molar-refractivity contribution >= 4 is 78.5 Å². The van der Waals surface area contributed by atoms with Gasteiger partial charge in [0.05, 0.1) is 50.6 Å². The number of ether oxygens (including phenoxy) is 1. The predicted octanol–water partition coefficient (Wildman–Crippen LogP) is 10.9. The van der Waals surface area contributed by atoms with Crippen LogP contribution in [0.4, 0.5) is 4.39 Å². The lowest BCUT2D eigenvalue weighted by molar-refractivity contribution is -0.147. The van der Waals surface area contributed by atoms with Crippen LogP contribution < -0.4 is 16.1 Å². The predicted molar refractivity (Wildman–Crippen MR) is 292 cm³/mol. The lowest BCUT2D eigenvalue weighted by Crippen LogP contribution is -2.59. The molecule has 3 amide bonds. The SMILES string of the molecule is CC(=O)O[C@@H]1C[C@@H](C(=O)N[C@@H](CCCCCN2CCC(c3ccc4c(c3)n(C3CCCC3)c3cc(=O)c5c(Br)cccc5n43)CC2)c2ccc(-c3scnc3C)cc2)N(C(=O)[C@@H](NC(=O)C2(F)CC2)C(C)(C)C)C1. The van der Waals surface area contributed by atoms with E-state index in [0.717, 1.165) is 107 Å². The molecule has 3 aromatic carbocycles. The number of rotatable bonds is 16. The summed E-state index contributed by atoms with van der Waals surface area (Å²) in [6.07, 6.45) is 9.89. The highest BCUT2D eigenvalue weighted by atomic mass is 79.9. The number of unbranched alkanes of at least 4 members (excludes halogenated alkanes) is 2. The molecule has 2 aliphatic carbocycles. The highest BCUT2D eigenvalue weighted by Crippen LogP contribution is 2.42. The Hall–Kier alpha value is -5.45. The number of esters is 1. The Morgan fingerprint density at radius 2 is 1.66 bits per heavy atom. The molecule has 2 N–H and O–H groups in total. The Morgan fingerprint density at radius 1 is 0.919 bits per heavy atom.